The largest absolute Gasteiger partial charge is 0.489 e. The standard InChI is InChI=1S/C16H15F2NO/c17-14-3-1-2-11(16(14)18)9-20-12-5-6-13-10(8-12)4-7-15(13)19/h1-3,5-6,8,15H,4,7,9,19H2/t15-/m1/s1. The van der Waals surface area contributed by atoms with E-state index < -0.39 is 11.6 Å². The summed E-state index contributed by atoms with van der Waals surface area (Å²) >= 11 is 0. The highest BCUT2D eigenvalue weighted by molar-refractivity contribution is 5.40. The molecule has 2 N–H and O–H groups in total. The minimum absolute atomic E-state index is 0.00837. The van der Waals surface area contributed by atoms with Crippen LogP contribution < -0.4 is 10.5 Å². The normalized spacial score (nSPS) is 17.1. The first-order valence-corrected chi connectivity index (χ1v) is 6.59. The lowest BCUT2D eigenvalue weighted by Gasteiger charge is -2.10. The Morgan fingerprint density at radius 2 is 2.05 bits per heavy atom. The molecule has 0 bridgehead atoms. The average Bonchev–Trinajstić information content (AvgIpc) is 2.82. The number of rotatable bonds is 3. The summed E-state index contributed by atoms with van der Waals surface area (Å²) in [5.74, 6) is -1.05. The molecule has 0 saturated carbocycles. The molecule has 0 radical (unpaired) electrons. The maximum absolute atomic E-state index is 13.5. The van der Waals surface area contributed by atoms with Crippen molar-refractivity contribution in [3.05, 3.63) is 64.7 Å². The summed E-state index contributed by atoms with van der Waals surface area (Å²) in [5, 5.41) is 0. The number of halogens is 2. The first-order chi connectivity index (χ1) is 9.65. The molecule has 2 aromatic rings. The molecule has 3 rings (SSSR count). The van der Waals surface area contributed by atoms with Crippen molar-refractivity contribution in [2.45, 2.75) is 25.5 Å². The smallest absolute Gasteiger partial charge is 0.165 e. The van der Waals surface area contributed by atoms with Gasteiger partial charge in [-0.25, -0.2) is 8.78 Å². The zero-order valence-corrected chi connectivity index (χ0v) is 10.9. The monoisotopic (exact) mass is 275 g/mol. The van der Waals surface area contributed by atoms with Crippen LogP contribution in [0.1, 0.15) is 29.2 Å². The van der Waals surface area contributed by atoms with Crippen LogP contribution in [0.15, 0.2) is 36.4 Å². The second-order valence-electron chi connectivity index (χ2n) is 5.01. The molecule has 0 heterocycles. The molecule has 0 fully saturated rings. The molecule has 0 aliphatic heterocycles. The number of benzene rings is 2. The number of aryl methyl sites for hydroxylation is 1. The number of hydrogen-bond acceptors (Lipinski definition) is 2. The van der Waals surface area contributed by atoms with E-state index in [1.54, 1.807) is 0 Å². The van der Waals surface area contributed by atoms with E-state index in [1.807, 2.05) is 18.2 Å². The van der Waals surface area contributed by atoms with Crippen LogP contribution in [0.4, 0.5) is 8.78 Å². The van der Waals surface area contributed by atoms with E-state index in [9.17, 15) is 8.78 Å². The molecule has 0 saturated heterocycles. The second kappa shape index (κ2) is 5.21. The number of hydrogen-bond donors (Lipinski definition) is 1. The van der Waals surface area contributed by atoms with Gasteiger partial charge in [-0.05, 0) is 42.2 Å². The maximum atomic E-state index is 13.5. The van der Waals surface area contributed by atoms with Crippen molar-refractivity contribution in [1.82, 2.24) is 0 Å². The summed E-state index contributed by atoms with van der Waals surface area (Å²) in [6.07, 6.45) is 1.87. The third-order valence-corrected chi connectivity index (χ3v) is 3.66. The molecule has 20 heavy (non-hydrogen) atoms. The highest BCUT2D eigenvalue weighted by atomic mass is 19.2. The van der Waals surface area contributed by atoms with Gasteiger partial charge in [-0.2, -0.15) is 0 Å². The Hall–Kier alpha value is -1.94. The average molecular weight is 275 g/mol. The van der Waals surface area contributed by atoms with E-state index in [0.717, 1.165) is 24.5 Å². The number of nitrogens with two attached hydrogens (primary N) is 1. The summed E-state index contributed by atoms with van der Waals surface area (Å²) in [5.41, 5.74) is 8.50. The zero-order valence-electron chi connectivity index (χ0n) is 10.9. The lowest BCUT2D eigenvalue weighted by atomic mass is 10.1. The Morgan fingerprint density at radius 3 is 2.90 bits per heavy atom. The van der Waals surface area contributed by atoms with Gasteiger partial charge in [0.2, 0.25) is 0 Å². The van der Waals surface area contributed by atoms with Crippen LogP contribution in [-0.2, 0) is 13.0 Å². The predicted molar refractivity (Wildman–Crippen MR) is 72.4 cm³/mol. The fraction of sp³-hybridized carbons (Fsp3) is 0.250. The third-order valence-electron chi connectivity index (χ3n) is 3.66. The van der Waals surface area contributed by atoms with E-state index in [0.29, 0.717) is 5.75 Å². The second-order valence-corrected chi connectivity index (χ2v) is 5.01. The van der Waals surface area contributed by atoms with Gasteiger partial charge in [0.15, 0.2) is 11.6 Å². The Morgan fingerprint density at radius 1 is 1.20 bits per heavy atom. The van der Waals surface area contributed by atoms with E-state index in [4.69, 9.17) is 10.5 Å². The van der Waals surface area contributed by atoms with Crippen molar-refractivity contribution in [3.8, 4) is 5.75 Å². The van der Waals surface area contributed by atoms with E-state index >= 15 is 0 Å². The molecule has 1 aliphatic carbocycles. The van der Waals surface area contributed by atoms with E-state index in [1.165, 1.54) is 17.7 Å². The summed E-state index contributed by atoms with van der Waals surface area (Å²) in [6.45, 7) is 0.00837. The molecule has 0 spiro atoms. The van der Waals surface area contributed by atoms with Crippen LogP contribution in [0.5, 0.6) is 5.75 Å². The van der Waals surface area contributed by atoms with Crippen molar-refractivity contribution in [3.63, 3.8) is 0 Å². The quantitative estimate of drug-likeness (QED) is 0.930. The molecule has 1 atom stereocenters. The number of fused-ring (bicyclic) bond motifs is 1. The molecular formula is C16H15F2NO. The maximum Gasteiger partial charge on any atom is 0.165 e. The van der Waals surface area contributed by atoms with Gasteiger partial charge in [0.1, 0.15) is 12.4 Å². The van der Waals surface area contributed by atoms with Crippen molar-refractivity contribution >= 4 is 0 Å². The fourth-order valence-electron chi connectivity index (χ4n) is 2.54. The molecule has 4 heteroatoms. The zero-order chi connectivity index (χ0) is 14.1. The van der Waals surface area contributed by atoms with Gasteiger partial charge < -0.3 is 10.5 Å². The van der Waals surface area contributed by atoms with Crippen LogP contribution in [0.3, 0.4) is 0 Å². The van der Waals surface area contributed by atoms with Crippen molar-refractivity contribution < 1.29 is 13.5 Å². The Bertz CT molecular complexity index is 642. The minimum Gasteiger partial charge on any atom is -0.489 e. The van der Waals surface area contributed by atoms with Gasteiger partial charge in [0.25, 0.3) is 0 Å². The summed E-state index contributed by atoms with van der Waals surface area (Å²) in [4.78, 5) is 0. The molecule has 0 unspecified atom stereocenters. The van der Waals surface area contributed by atoms with Gasteiger partial charge in [0.05, 0.1) is 0 Å². The highest BCUT2D eigenvalue weighted by Crippen LogP contribution is 2.32. The summed E-state index contributed by atoms with van der Waals surface area (Å²) < 4.78 is 32.1. The molecular weight excluding hydrogens is 260 g/mol. The molecule has 0 amide bonds. The number of ether oxygens (including phenoxy) is 1. The van der Waals surface area contributed by atoms with Crippen LogP contribution in [0, 0.1) is 11.6 Å². The van der Waals surface area contributed by atoms with Gasteiger partial charge in [0, 0.05) is 11.6 Å². The van der Waals surface area contributed by atoms with E-state index in [-0.39, 0.29) is 18.2 Å². The van der Waals surface area contributed by atoms with Gasteiger partial charge >= 0.3 is 0 Å². The summed E-state index contributed by atoms with van der Waals surface area (Å²) in [7, 11) is 0. The molecule has 1 aliphatic rings. The van der Waals surface area contributed by atoms with Gasteiger partial charge in [-0.1, -0.05) is 18.2 Å². The first-order valence-electron chi connectivity index (χ1n) is 6.59. The van der Waals surface area contributed by atoms with Gasteiger partial charge in [-0.15, -0.1) is 0 Å². The molecule has 2 nitrogen and oxygen atoms in total. The third kappa shape index (κ3) is 2.39. The molecule has 104 valence electrons. The Kier molecular flexibility index (Phi) is 3.40. The minimum atomic E-state index is -0.856. The Balaban J connectivity index is 1.74. The fourth-order valence-corrected chi connectivity index (χ4v) is 2.54. The van der Waals surface area contributed by atoms with Crippen molar-refractivity contribution in [1.29, 1.82) is 0 Å². The van der Waals surface area contributed by atoms with Crippen LogP contribution in [0.2, 0.25) is 0 Å². The van der Waals surface area contributed by atoms with Crippen LogP contribution in [-0.4, -0.2) is 0 Å². The first kappa shape index (κ1) is 13.1. The van der Waals surface area contributed by atoms with Crippen molar-refractivity contribution in [2.75, 3.05) is 0 Å². The van der Waals surface area contributed by atoms with Crippen molar-refractivity contribution in [2.24, 2.45) is 5.73 Å². The summed E-state index contributed by atoms with van der Waals surface area (Å²) in [6, 6.07) is 9.88. The van der Waals surface area contributed by atoms with Crippen LogP contribution in [0.25, 0.3) is 0 Å². The Labute approximate surface area is 116 Å². The topological polar surface area (TPSA) is 35.2 Å². The molecule has 0 aromatic heterocycles. The molecule has 2 aromatic carbocycles. The lowest BCUT2D eigenvalue weighted by Crippen LogP contribution is -2.05. The SMILES string of the molecule is N[C@@H]1CCc2cc(OCc3cccc(F)c3F)ccc21. The lowest BCUT2D eigenvalue weighted by molar-refractivity contribution is 0.297. The van der Waals surface area contributed by atoms with Crippen LogP contribution >= 0.6 is 0 Å². The van der Waals surface area contributed by atoms with Gasteiger partial charge in [-0.3, -0.25) is 0 Å². The van der Waals surface area contributed by atoms with E-state index in [2.05, 4.69) is 0 Å². The predicted octanol–water partition coefficient (Wildman–Crippen LogP) is 3.49. The highest BCUT2D eigenvalue weighted by Gasteiger charge is 2.19.